The molecule has 0 spiro atoms. The topological polar surface area (TPSA) is 102 Å². The smallest absolute Gasteiger partial charge is 0.335 e. The number of aryl methyl sites for hydroxylation is 1. The van der Waals surface area contributed by atoms with Crippen LogP contribution < -0.4 is 16.1 Å². The Hall–Kier alpha value is -3.88. The van der Waals surface area contributed by atoms with Gasteiger partial charge in [-0.05, 0) is 54.4 Å². The number of ketones is 1. The third kappa shape index (κ3) is 5.23. The molecule has 8 nitrogen and oxygen atoms in total. The molecule has 3 aromatic carbocycles. The van der Waals surface area contributed by atoms with Crippen LogP contribution in [-0.2, 0) is 18.3 Å². The summed E-state index contributed by atoms with van der Waals surface area (Å²) in [5.41, 5.74) is 1.46. The Bertz CT molecular complexity index is 1650. The zero-order chi connectivity index (χ0) is 27.7. The van der Waals surface area contributed by atoms with Crippen LogP contribution >= 0.6 is 23.2 Å². The summed E-state index contributed by atoms with van der Waals surface area (Å²) in [6, 6.07) is 16.4. The predicted molar refractivity (Wildman–Crippen MR) is 149 cm³/mol. The van der Waals surface area contributed by atoms with Crippen molar-refractivity contribution >= 4 is 51.5 Å². The van der Waals surface area contributed by atoms with E-state index in [0.717, 1.165) is 10.3 Å². The lowest BCUT2D eigenvalue weighted by atomic mass is 9.92. The normalized spacial score (nSPS) is 11.9. The summed E-state index contributed by atoms with van der Waals surface area (Å²) < 4.78 is 2.50. The number of carboxylic acid groups (broad SMARTS) is 1. The molecular formula is C28H25Cl2N3O5. The lowest BCUT2D eigenvalue weighted by Crippen LogP contribution is -2.38. The van der Waals surface area contributed by atoms with Gasteiger partial charge in [-0.25, -0.2) is 9.36 Å². The predicted octanol–water partition coefficient (Wildman–Crippen LogP) is 4.58. The molecule has 0 saturated heterocycles. The number of Topliss-reactive ketones (excluding diaryl/α,β-unsaturated/α-hetero) is 1. The number of hydrogen-bond donors (Lipinski definition) is 1. The van der Waals surface area contributed by atoms with Gasteiger partial charge in [0.2, 0.25) is 0 Å². The highest BCUT2D eigenvalue weighted by atomic mass is 35.5. The van der Waals surface area contributed by atoms with Gasteiger partial charge in [-0.15, -0.1) is 0 Å². The van der Waals surface area contributed by atoms with Gasteiger partial charge in [0.15, 0.2) is 5.78 Å². The maximum Gasteiger partial charge on any atom is 0.335 e. The van der Waals surface area contributed by atoms with Crippen molar-refractivity contribution in [2.24, 2.45) is 13.0 Å². The lowest BCUT2D eigenvalue weighted by molar-refractivity contribution is -0.141. The Labute approximate surface area is 228 Å². The minimum Gasteiger partial charge on any atom is -0.481 e. The van der Waals surface area contributed by atoms with Crippen molar-refractivity contribution in [3.63, 3.8) is 0 Å². The van der Waals surface area contributed by atoms with E-state index in [2.05, 4.69) is 0 Å². The number of aromatic nitrogens is 2. The molecule has 4 rings (SSSR count). The van der Waals surface area contributed by atoms with Crippen molar-refractivity contribution in [2.45, 2.75) is 12.8 Å². The molecule has 1 heterocycles. The fourth-order valence-electron chi connectivity index (χ4n) is 4.36. The highest BCUT2D eigenvalue weighted by Gasteiger charge is 2.25. The van der Waals surface area contributed by atoms with Gasteiger partial charge in [-0.3, -0.25) is 19.0 Å². The second-order valence-electron chi connectivity index (χ2n) is 9.21. The first kappa shape index (κ1) is 27.2. The first-order valence-electron chi connectivity index (χ1n) is 11.7. The number of carbonyl (C=O) groups excluding carboxylic acids is 1. The van der Waals surface area contributed by atoms with Crippen LogP contribution in [0.4, 0.5) is 5.69 Å². The van der Waals surface area contributed by atoms with Crippen LogP contribution in [-0.4, -0.2) is 40.1 Å². The van der Waals surface area contributed by atoms with Crippen LogP contribution in [0.1, 0.15) is 22.3 Å². The summed E-state index contributed by atoms with van der Waals surface area (Å²) >= 11 is 12.2. The Morgan fingerprint density at radius 2 is 1.61 bits per heavy atom. The maximum absolute atomic E-state index is 13.3. The second-order valence-corrected chi connectivity index (χ2v) is 10.0. The average molecular weight is 554 g/mol. The molecule has 0 radical (unpaired) electrons. The van der Waals surface area contributed by atoms with Gasteiger partial charge in [0, 0.05) is 33.3 Å². The highest BCUT2D eigenvalue weighted by molar-refractivity contribution is 6.39. The van der Waals surface area contributed by atoms with Gasteiger partial charge < -0.3 is 10.0 Å². The summed E-state index contributed by atoms with van der Waals surface area (Å²) in [6.07, 6.45) is -0.236. The number of nitrogens with zero attached hydrogens (tertiary/aromatic N) is 3. The van der Waals surface area contributed by atoms with E-state index < -0.39 is 28.9 Å². The van der Waals surface area contributed by atoms with E-state index >= 15 is 0 Å². The van der Waals surface area contributed by atoms with Crippen molar-refractivity contribution in [1.29, 1.82) is 0 Å². The van der Waals surface area contributed by atoms with Crippen molar-refractivity contribution in [2.75, 3.05) is 19.0 Å². The van der Waals surface area contributed by atoms with Gasteiger partial charge >= 0.3 is 11.7 Å². The number of halogens is 2. The third-order valence-electron chi connectivity index (χ3n) is 6.47. The number of rotatable bonds is 8. The van der Waals surface area contributed by atoms with Crippen LogP contribution in [0.3, 0.4) is 0 Å². The molecule has 0 aliphatic rings. The molecule has 1 aromatic heterocycles. The van der Waals surface area contributed by atoms with Crippen molar-refractivity contribution in [1.82, 2.24) is 9.13 Å². The summed E-state index contributed by atoms with van der Waals surface area (Å²) in [7, 11) is 5.33. The molecule has 196 valence electrons. The Balaban J connectivity index is 1.64. The first-order chi connectivity index (χ1) is 18.0. The zero-order valence-electron chi connectivity index (χ0n) is 20.9. The van der Waals surface area contributed by atoms with E-state index in [1.165, 1.54) is 16.7 Å². The molecule has 0 amide bonds. The van der Waals surface area contributed by atoms with E-state index in [1.54, 1.807) is 49.5 Å². The molecule has 0 bridgehead atoms. The largest absolute Gasteiger partial charge is 0.481 e. The molecule has 1 N–H and O–H groups in total. The fraction of sp³-hybridized carbons (Fsp3) is 0.214. The first-order valence-corrected chi connectivity index (χ1v) is 12.5. The van der Waals surface area contributed by atoms with E-state index in [0.29, 0.717) is 22.2 Å². The lowest BCUT2D eigenvalue weighted by Gasteiger charge is -2.16. The van der Waals surface area contributed by atoms with E-state index in [4.69, 9.17) is 23.2 Å². The summed E-state index contributed by atoms with van der Waals surface area (Å²) in [4.78, 5) is 53.0. The number of aliphatic carboxylic acids is 1. The van der Waals surface area contributed by atoms with Gasteiger partial charge in [0.1, 0.15) is 0 Å². The molecule has 1 atom stereocenters. The molecule has 1 unspecified atom stereocenters. The van der Waals surface area contributed by atoms with Crippen LogP contribution in [0.5, 0.6) is 0 Å². The molecule has 0 saturated carbocycles. The fourth-order valence-corrected chi connectivity index (χ4v) is 4.96. The average Bonchev–Trinajstić information content (AvgIpc) is 2.87. The van der Waals surface area contributed by atoms with Crippen LogP contribution in [0.2, 0.25) is 10.0 Å². The van der Waals surface area contributed by atoms with Crippen LogP contribution in [0.25, 0.3) is 16.6 Å². The number of benzene rings is 3. The third-order valence-corrected chi connectivity index (χ3v) is 7.10. The van der Waals surface area contributed by atoms with Crippen LogP contribution in [0, 0.1) is 5.92 Å². The van der Waals surface area contributed by atoms with Gasteiger partial charge in [-0.1, -0.05) is 41.4 Å². The summed E-state index contributed by atoms with van der Waals surface area (Å²) in [5, 5.41) is 10.5. The standard InChI is InChI=1S/C28H25Cl2N3O5/c1-31(2)19-11-12-23-20(15-19)26(35)33(28(38)32(23)3)18-9-7-16(8-10-18)13-17(27(36)37)14-24(34)25-21(29)5-4-6-22(25)30/h4-12,15,17H,13-14H2,1-3H3,(H,36,37). The quantitative estimate of drug-likeness (QED) is 0.320. The Morgan fingerprint density at radius 3 is 2.18 bits per heavy atom. The van der Waals surface area contributed by atoms with Gasteiger partial charge in [0.05, 0.1) is 38.1 Å². The van der Waals surface area contributed by atoms with E-state index in [-0.39, 0.29) is 28.5 Å². The molecule has 10 heteroatoms. The van der Waals surface area contributed by atoms with Crippen molar-refractivity contribution < 1.29 is 14.7 Å². The molecule has 0 aliphatic carbocycles. The van der Waals surface area contributed by atoms with Crippen molar-refractivity contribution in [3.05, 3.63) is 103 Å². The Morgan fingerprint density at radius 1 is 0.974 bits per heavy atom. The number of anilines is 1. The molecule has 38 heavy (non-hydrogen) atoms. The SMILES string of the molecule is CN(C)c1ccc2c(c1)c(=O)n(-c1ccc(CC(CC(=O)c3c(Cl)cccc3Cl)C(=O)O)cc1)c(=O)n2C. The van der Waals surface area contributed by atoms with Crippen LogP contribution in [0.15, 0.2) is 70.3 Å². The number of hydrogen-bond acceptors (Lipinski definition) is 5. The minimum absolute atomic E-state index is 0.0558. The van der Waals surface area contributed by atoms with Gasteiger partial charge in [-0.2, -0.15) is 0 Å². The second kappa shape index (κ2) is 10.8. The molecule has 0 aliphatic heterocycles. The monoisotopic (exact) mass is 553 g/mol. The Kier molecular flexibility index (Phi) is 7.76. The van der Waals surface area contributed by atoms with Gasteiger partial charge in [0.25, 0.3) is 5.56 Å². The summed E-state index contributed by atoms with van der Waals surface area (Å²) in [5.74, 6) is -2.63. The number of carboxylic acids is 1. The zero-order valence-corrected chi connectivity index (χ0v) is 22.5. The minimum atomic E-state index is -1.14. The molecule has 4 aromatic rings. The summed E-state index contributed by atoms with van der Waals surface area (Å²) in [6.45, 7) is 0. The number of fused-ring (bicyclic) bond motifs is 1. The van der Waals surface area contributed by atoms with Crippen molar-refractivity contribution in [3.8, 4) is 5.69 Å². The van der Waals surface area contributed by atoms with E-state index in [9.17, 15) is 24.3 Å². The molecular weight excluding hydrogens is 529 g/mol. The number of carbonyl (C=O) groups is 2. The van der Waals surface area contributed by atoms with E-state index in [1.807, 2.05) is 25.1 Å². The highest BCUT2D eigenvalue weighted by Crippen LogP contribution is 2.28. The maximum atomic E-state index is 13.3. The molecule has 0 fully saturated rings.